The van der Waals surface area contributed by atoms with E-state index in [0.717, 1.165) is 26.8 Å². The van der Waals surface area contributed by atoms with E-state index in [1.807, 2.05) is 24.4 Å². The van der Waals surface area contributed by atoms with Crippen LogP contribution in [0.15, 0.2) is 59.3 Å². The Balaban J connectivity index is 1.57. The molecule has 0 aliphatic heterocycles. The van der Waals surface area contributed by atoms with Gasteiger partial charge in [-0.15, -0.1) is 0 Å². The van der Waals surface area contributed by atoms with Gasteiger partial charge in [-0.25, -0.2) is 4.98 Å². The van der Waals surface area contributed by atoms with Gasteiger partial charge in [0.1, 0.15) is 5.82 Å². The van der Waals surface area contributed by atoms with Gasteiger partial charge in [-0.1, -0.05) is 28.1 Å². The van der Waals surface area contributed by atoms with Crippen molar-refractivity contribution in [2.45, 2.75) is 6.54 Å². The number of aromatic nitrogens is 3. The summed E-state index contributed by atoms with van der Waals surface area (Å²) in [5.41, 5.74) is 4.11. The number of hydrogen-bond acceptors (Lipinski definition) is 3. The average molecular weight is 353 g/mol. The molecule has 2 aromatic heterocycles. The Hall–Kier alpha value is -2.40. The summed E-state index contributed by atoms with van der Waals surface area (Å²) in [6, 6.07) is 14.3. The van der Waals surface area contributed by atoms with Crippen molar-refractivity contribution >= 4 is 43.7 Å². The maximum Gasteiger partial charge on any atom is 0.145 e. The van der Waals surface area contributed by atoms with Gasteiger partial charge in [0.05, 0.1) is 17.2 Å². The van der Waals surface area contributed by atoms with E-state index < -0.39 is 0 Å². The molecule has 2 aromatic carbocycles. The van der Waals surface area contributed by atoms with Crippen molar-refractivity contribution in [3.8, 4) is 0 Å². The SMILES string of the molecule is Brc1ccc2ncc(NCc3ccc4cc[nH]c4c3)nc2c1. The van der Waals surface area contributed by atoms with Crippen LogP contribution in [0.1, 0.15) is 5.56 Å². The Morgan fingerprint density at radius 3 is 2.95 bits per heavy atom. The van der Waals surface area contributed by atoms with Gasteiger partial charge in [0, 0.05) is 22.7 Å². The van der Waals surface area contributed by atoms with Crippen molar-refractivity contribution in [1.29, 1.82) is 0 Å². The quantitative estimate of drug-likeness (QED) is 0.571. The van der Waals surface area contributed by atoms with E-state index in [2.05, 4.69) is 60.5 Å². The first kappa shape index (κ1) is 13.3. The minimum Gasteiger partial charge on any atom is -0.365 e. The van der Waals surface area contributed by atoms with Crippen LogP contribution in [0, 0.1) is 0 Å². The molecule has 2 N–H and O–H groups in total. The highest BCUT2D eigenvalue weighted by Gasteiger charge is 2.02. The summed E-state index contributed by atoms with van der Waals surface area (Å²) in [7, 11) is 0. The number of nitrogens with one attached hydrogen (secondary N) is 2. The molecule has 4 aromatic rings. The van der Waals surface area contributed by atoms with Crippen LogP contribution in [0.5, 0.6) is 0 Å². The van der Waals surface area contributed by atoms with Crippen LogP contribution >= 0.6 is 15.9 Å². The standard InChI is InChI=1S/C17H13BrN4/c18-13-3-4-14-16(8-13)22-17(10-20-14)21-9-11-1-2-12-5-6-19-15(12)7-11/h1-8,10,19H,9H2,(H,21,22). The number of benzene rings is 2. The molecular formula is C17H13BrN4. The van der Waals surface area contributed by atoms with Gasteiger partial charge >= 0.3 is 0 Å². The molecule has 108 valence electrons. The lowest BCUT2D eigenvalue weighted by atomic mass is 10.1. The number of halogens is 1. The van der Waals surface area contributed by atoms with Gasteiger partial charge in [0.15, 0.2) is 0 Å². The summed E-state index contributed by atoms with van der Waals surface area (Å²) < 4.78 is 1.00. The molecule has 0 saturated carbocycles. The molecule has 4 nitrogen and oxygen atoms in total. The fraction of sp³-hybridized carbons (Fsp3) is 0.0588. The van der Waals surface area contributed by atoms with E-state index in [1.165, 1.54) is 10.9 Å². The minimum atomic E-state index is 0.711. The van der Waals surface area contributed by atoms with Crippen LogP contribution in [0.3, 0.4) is 0 Å². The maximum absolute atomic E-state index is 4.59. The Bertz CT molecular complexity index is 961. The molecule has 4 rings (SSSR count). The van der Waals surface area contributed by atoms with Crippen molar-refractivity contribution in [1.82, 2.24) is 15.0 Å². The molecule has 0 spiro atoms. The zero-order valence-electron chi connectivity index (χ0n) is 11.7. The fourth-order valence-electron chi connectivity index (χ4n) is 2.47. The lowest BCUT2D eigenvalue weighted by Crippen LogP contribution is -2.02. The highest BCUT2D eigenvalue weighted by atomic mass is 79.9. The summed E-state index contributed by atoms with van der Waals surface area (Å²) >= 11 is 3.46. The van der Waals surface area contributed by atoms with Crippen LogP contribution in [-0.4, -0.2) is 15.0 Å². The number of hydrogen-bond donors (Lipinski definition) is 2. The highest BCUT2D eigenvalue weighted by Crippen LogP contribution is 2.19. The van der Waals surface area contributed by atoms with Crippen molar-refractivity contribution in [2.24, 2.45) is 0 Å². The predicted octanol–water partition coefficient (Wildman–Crippen LogP) is 4.49. The third-order valence-electron chi connectivity index (χ3n) is 3.60. The van der Waals surface area contributed by atoms with Gasteiger partial charge in [-0.2, -0.15) is 0 Å². The van der Waals surface area contributed by atoms with Crippen molar-refractivity contribution < 1.29 is 0 Å². The van der Waals surface area contributed by atoms with Crippen molar-refractivity contribution in [3.05, 3.63) is 64.9 Å². The van der Waals surface area contributed by atoms with Gasteiger partial charge < -0.3 is 10.3 Å². The second-order valence-corrected chi connectivity index (χ2v) is 6.06. The van der Waals surface area contributed by atoms with E-state index in [4.69, 9.17) is 0 Å². The minimum absolute atomic E-state index is 0.711. The van der Waals surface area contributed by atoms with Gasteiger partial charge in [-0.05, 0) is 41.3 Å². The second kappa shape index (κ2) is 5.42. The number of rotatable bonds is 3. The molecule has 0 atom stereocenters. The Kier molecular flexibility index (Phi) is 3.27. The predicted molar refractivity (Wildman–Crippen MR) is 92.9 cm³/mol. The van der Waals surface area contributed by atoms with Crippen LogP contribution in [-0.2, 0) is 6.54 Å². The fourth-order valence-corrected chi connectivity index (χ4v) is 2.82. The molecule has 0 saturated heterocycles. The first-order valence-electron chi connectivity index (χ1n) is 7.00. The normalized spacial score (nSPS) is 11.1. The van der Waals surface area contributed by atoms with Crippen LogP contribution in [0.25, 0.3) is 21.9 Å². The van der Waals surface area contributed by atoms with Crippen molar-refractivity contribution in [3.63, 3.8) is 0 Å². The number of fused-ring (bicyclic) bond motifs is 2. The first-order valence-corrected chi connectivity index (χ1v) is 7.79. The highest BCUT2D eigenvalue weighted by molar-refractivity contribution is 9.10. The third-order valence-corrected chi connectivity index (χ3v) is 4.09. The summed E-state index contributed by atoms with van der Waals surface area (Å²) in [6.07, 6.45) is 3.72. The van der Waals surface area contributed by atoms with E-state index in [0.29, 0.717) is 6.54 Å². The lowest BCUT2D eigenvalue weighted by Gasteiger charge is -2.07. The number of nitrogens with zero attached hydrogens (tertiary/aromatic N) is 2. The number of aromatic amines is 1. The molecule has 2 heterocycles. The lowest BCUT2D eigenvalue weighted by molar-refractivity contribution is 1.11. The third kappa shape index (κ3) is 2.55. The molecule has 0 radical (unpaired) electrons. The molecule has 0 fully saturated rings. The molecule has 0 bridgehead atoms. The molecular weight excluding hydrogens is 340 g/mol. The van der Waals surface area contributed by atoms with E-state index in [1.54, 1.807) is 6.20 Å². The Morgan fingerprint density at radius 1 is 1.05 bits per heavy atom. The summed E-state index contributed by atoms with van der Waals surface area (Å²) in [5, 5.41) is 4.55. The Morgan fingerprint density at radius 2 is 2.00 bits per heavy atom. The van der Waals surface area contributed by atoms with Crippen LogP contribution in [0.2, 0.25) is 0 Å². The molecule has 22 heavy (non-hydrogen) atoms. The zero-order chi connectivity index (χ0) is 14.9. The van der Waals surface area contributed by atoms with Gasteiger partial charge in [0.2, 0.25) is 0 Å². The molecule has 5 heteroatoms. The van der Waals surface area contributed by atoms with E-state index >= 15 is 0 Å². The van der Waals surface area contributed by atoms with E-state index in [9.17, 15) is 0 Å². The smallest absolute Gasteiger partial charge is 0.145 e. The summed E-state index contributed by atoms with van der Waals surface area (Å²) in [6.45, 7) is 0.711. The average Bonchev–Trinajstić information content (AvgIpc) is 3.00. The topological polar surface area (TPSA) is 53.6 Å². The molecule has 0 amide bonds. The first-order chi connectivity index (χ1) is 10.8. The Labute approximate surface area is 135 Å². The van der Waals surface area contributed by atoms with Gasteiger partial charge in [0.25, 0.3) is 0 Å². The van der Waals surface area contributed by atoms with Crippen LogP contribution in [0.4, 0.5) is 5.82 Å². The van der Waals surface area contributed by atoms with Crippen LogP contribution < -0.4 is 5.32 Å². The summed E-state index contributed by atoms with van der Waals surface area (Å²) in [5.74, 6) is 0.775. The van der Waals surface area contributed by atoms with Crippen molar-refractivity contribution in [2.75, 3.05) is 5.32 Å². The maximum atomic E-state index is 4.59. The summed E-state index contributed by atoms with van der Waals surface area (Å²) in [4.78, 5) is 12.2. The molecule has 0 aliphatic rings. The zero-order valence-corrected chi connectivity index (χ0v) is 13.3. The second-order valence-electron chi connectivity index (χ2n) is 5.14. The van der Waals surface area contributed by atoms with E-state index in [-0.39, 0.29) is 0 Å². The largest absolute Gasteiger partial charge is 0.365 e. The number of H-pyrrole nitrogens is 1. The monoisotopic (exact) mass is 352 g/mol. The molecule has 0 unspecified atom stereocenters. The number of anilines is 1. The molecule has 0 aliphatic carbocycles. The van der Waals surface area contributed by atoms with Gasteiger partial charge in [-0.3, -0.25) is 4.98 Å².